The fourth-order valence-corrected chi connectivity index (χ4v) is 2.15. The molecular formula is C16H20N2+2. The molecule has 2 nitrogen and oxygen atoms in total. The second kappa shape index (κ2) is 6.10. The number of hydrogen-bond donors (Lipinski definition) is 0. The van der Waals surface area contributed by atoms with E-state index >= 15 is 0 Å². The van der Waals surface area contributed by atoms with Gasteiger partial charge in [-0.1, -0.05) is 24.3 Å². The van der Waals surface area contributed by atoms with Gasteiger partial charge in [-0.3, -0.25) is 0 Å². The highest BCUT2D eigenvalue weighted by Crippen LogP contribution is 2.00. The van der Waals surface area contributed by atoms with Crippen molar-refractivity contribution >= 4 is 5.84 Å². The van der Waals surface area contributed by atoms with Gasteiger partial charge < -0.3 is 0 Å². The Kier molecular flexibility index (Phi) is 4.24. The van der Waals surface area contributed by atoms with Crippen molar-refractivity contribution in [3.05, 3.63) is 66.5 Å². The molecule has 0 N–H and O–H groups in total. The lowest BCUT2D eigenvalue weighted by Crippen LogP contribution is -2.48. The summed E-state index contributed by atoms with van der Waals surface area (Å²) in [5, 5.41) is 0. The lowest BCUT2D eigenvalue weighted by Gasteiger charge is -2.02. The summed E-state index contributed by atoms with van der Waals surface area (Å²) in [7, 11) is 0. The van der Waals surface area contributed by atoms with Crippen LogP contribution >= 0.6 is 0 Å². The Bertz CT molecular complexity index is 468. The van der Waals surface area contributed by atoms with Gasteiger partial charge in [0.2, 0.25) is 0 Å². The first-order valence-electron chi connectivity index (χ1n) is 6.50. The van der Waals surface area contributed by atoms with Gasteiger partial charge in [0.25, 0.3) is 0 Å². The van der Waals surface area contributed by atoms with Crippen LogP contribution in [0.2, 0.25) is 0 Å². The van der Waals surface area contributed by atoms with Gasteiger partial charge in [-0.05, 0) is 26.0 Å². The van der Waals surface area contributed by atoms with Crippen LogP contribution in [0.25, 0.3) is 0 Å². The first-order chi connectivity index (χ1) is 8.86. The van der Waals surface area contributed by atoms with Crippen molar-refractivity contribution in [2.45, 2.75) is 13.8 Å². The van der Waals surface area contributed by atoms with E-state index in [4.69, 9.17) is 0 Å². The van der Waals surface area contributed by atoms with Crippen molar-refractivity contribution in [2.75, 3.05) is 13.1 Å². The molecule has 0 aliphatic carbocycles. The van der Waals surface area contributed by atoms with E-state index in [0.29, 0.717) is 0 Å². The van der Waals surface area contributed by atoms with E-state index in [1.807, 2.05) is 6.07 Å². The van der Waals surface area contributed by atoms with Crippen LogP contribution in [0, 0.1) is 0 Å². The molecule has 0 bridgehead atoms. The molecule has 1 aromatic heterocycles. The standard InChI is InChI=1S/C16H20N2/c1-3-17(4-2)16(15-11-7-5-8-12-15)18-13-9-6-10-14-18/h5-14H,3-4H2,1-2H3/q+2. The van der Waals surface area contributed by atoms with Crippen LogP contribution in [0.3, 0.4) is 0 Å². The summed E-state index contributed by atoms with van der Waals surface area (Å²) in [5.74, 6) is 1.24. The molecule has 18 heavy (non-hydrogen) atoms. The minimum absolute atomic E-state index is 1.00. The van der Waals surface area contributed by atoms with E-state index in [9.17, 15) is 0 Å². The van der Waals surface area contributed by atoms with E-state index < -0.39 is 0 Å². The predicted octanol–water partition coefficient (Wildman–Crippen LogP) is 2.32. The van der Waals surface area contributed by atoms with Crippen LogP contribution in [0.4, 0.5) is 0 Å². The third-order valence-electron chi connectivity index (χ3n) is 3.06. The maximum absolute atomic E-state index is 2.37. The maximum Gasteiger partial charge on any atom is 0.451 e. The van der Waals surface area contributed by atoms with Crippen molar-refractivity contribution in [1.82, 2.24) is 0 Å². The van der Waals surface area contributed by atoms with Gasteiger partial charge >= 0.3 is 5.84 Å². The van der Waals surface area contributed by atoms with Crippen molar-refractivity contribution in [2.24, 2.45) is 0 Å². The Morgan fingerprint density at radius 2 is 1.44 bits per heavy atom. The van der Waals surface area contributed by atoms with Crippen LogP contribution in [-0.4, -0.2) is 23.5 Å². The summed E-state index contributed by atoms with van der Waals surface area (Å²) in [6, 6.07) is 16.7. The largest absolute Gasteiger partial charge is 0.451 e. The monoisotopic (exact) mass is 240 g/mol. The molecule has 2 heteroatoms. The smallest absolute Gasteiger partial charge is 0.174 e. The van der Waals surface area contributed by atoms with E-state index in [0.717, 1.165) is 13.1 Å². The number of benzene rings is 1. The van der Waals surface area contributed by atoms with Crippen LogP contribution in [0.1, 0.15) is 19.4 Å². The molecule has 0 saturated heterocycles. The molecule has 0 aliphatic rings. The summed E-state index contributed by atoms with van der Waals surface area (Å²) in [4.78, 5) is 0. The Labute approximate surface area is 109 Å². The van der Waals surface area contributed by atoms with Gasteiger partial charge in [0.15, 0.2) is 12.4 Å². The van der Waals surface area contributed by atoms with E-state index in [2.05, 4.69) is 77.8 Å². The molecule has 0 aliphatic heterocycles. The number of hydrogen-bond acceptors (Lipinski definition) is 0. The average Bonchev–Trinajstić information content (AvgIpc) is 2.46. The van der Waals surface area contributed by atoms with Gasteiger partial charge in [0, 0.05) is 12.1 Å². The predicted molar refractivity (Wildman–Crippen MR) is 73.9 cm³/mol. The zero-order valence-electron chi connectivity index (χ0n) is 11.1. The van der Waals surface area contributed by atoms with Gasteiger partial charge in [0.05, 0.1) is 0 Å². The molecule has 0 saturated carbocycles. The zero-order valence-corrected chi connectivity index (χ0v) is 11.1. The van der Waals surface area contributed by atoms with Crippen molar-refractivity contribution < 1.29 is 9.14 Å². The number of nitrogens with zero attached hydrogens (tertiary/aromatic N) is 2. The van der Waals surface area contributed by atoms with Gasteiger partial charge in [-0.25, -0.2) is 0 Å². The fraction of sp³-hybridized carbons (Fsp3) is 0.250. The van der Waals surface area contributed by atoms with Gasteiger partial charge in [0.1, 0.15) is 18.7 Å². The molecule has 2 rings (SSSR count). The third kappa shape index (κ3) is 2.65. The molecule has 1 heterocycles. The molecule has 0 atom stereocenters. The van der Waals surface area contributed by atoms with Crippen molar-refractivity contribution in [3.8, 4) is 0 Å². The second-order valence-electron chi connectivity index (χ2n) is 4.14. The third-order valence-corrected chi connectivity index (χ3v) is 3.06. The minimum atomic E-state index is 1.00. The summed E-state index contributed by atoms with van der Waals surface area (Å²) in [5.41, 5.74) is 1.25. The fourth-order valence-electron chi connectivity index (χ4n) is 2.15. The lowest BCUT2D eigenvalue weighted by molar-refractivity contribution is -0.642. The second-order valence-corrected chi connectivity index (χ2v) is 4.14. The average molecular weight is 240 g/mol. The first kappa shape index (κ1) is 12.5. The van der Waals surface area contributed by atoms with Crippen molar-refractivity contribution in [3.63, 3.8) is 0 Å². The van der Waals surface area contributed by atoms with Gasteiger partial charge in [-0.15, -0.1) is 4.57 Å². The lowest BCUT2D eigenvalue weighted by atomic mass is 10.2. The summed E-state index contributed by atoms with van der Waals surface area (Å²) in [6.07, 6.45) is 4.20. The molecule has 1 aromatic carbocycles. The highest BCUT2D eigenvalue weighted by Gasteiger charge is 2.24. The van der Waals surface area contributed by atoms with Crippen LogP contribution in [-0.2, 0) is 0 Å². The highest BCUT2D eigenvalue weighted by molar-refractivity contribution is 5.87. The molecule has 0 radical (unpaired) electrons. The van der Waals surface area contributed by atoms with Crippen LogP contribution in [0.15, 0.2) is 60.9 Å². The van der Waals surface area contributed by atoms with E-state index in [1.165, 1.54) is 11.4 Å². The molecule has 92 valence electrons. The Balaban J connectivity index is 2.59. The number of rotatable bonds is 3. The SMILES string of the molecule is CC[N+](CC)=C(c1ccccc1)[n+]1ccccc1. The van der Waals surface area contributed by atoms with Crippen LogP contribution < -0.4 is 4.57 Å². The number of aromatic nitrogens is 1. The Morgan fingerprint density at radius 1 is 0.889 bits per heavy atom. The zero-order chi connectivity index (χ0) is 12.8. The minimum Gasteiger partial charge on any atom is -0.174 e. The molecule has 2 aromatic rings. The van der Waals surface area contributed by atoms with Gasteiger partial charge in [-0.2, -0.15) is 4.58 Å². The van der Waals surface area contributed by atoms with E-state index in [1.54, 1.807) is 0 Å². The van der Waals surface area contributed by atoms with Crippen LogP contribution in [0.5, 0.6) is 0 Å². The number of pyridine rings is 1. The maximum atomic E-state index is 2.37. The Hall–Kier alpha value is -1.96. The topological polar surface area (TPSA) is 6.89 Å². The quantitative estimate of drug-likeness (QED) is 0.441. The molecule has 0 fully saturated rings. The Morgan fingerprint density at radius 3 is 2.00 bits per heavy atom. The van der Waals surface area contributed by atoms with E-state index in [-0.39, 0.29) is 0 Å². The van der Waals surface area contributed by atoms with Crippen molar-refractivity contribution in [1.29, 1.82) is 0 Å². The highest BCUT2D eigenvalue weighted by atomic mass is 15.1. The molecule has 0 spiro atoms. The first-order valence-corrected chi connectivity index (χ1v) is 6.50. The molecular weight excluding hydrogens is 220 g/mol. The normalized spacial score (nSPS) is 10.1. The summed E-state index contributed by atoms with van der Waals surface area (Å²) < 4.78 is 4.55. The summed E-state index contributed by atoms with van der Waals surface area (Å²) in [6.45, 7) is 6.39. The molecule has 0 unspecified atom stereocenters. The summed E-state index contributed by atoms with van der Waals surface area (Å²) >= 11 is 0. The molecule has 0 amide bonds.